The third kappa shape index (κ3) is 3.30. The highest BCUT2D eigenvalue weighted by Crippen LogP contribution is 2.11. The minimum absolute atomic E-state index is 0.238. The van der Waals surface area contributed by atoms with Gasteiger partial charge < -0.3 is 10.6 Å². The number of anilines is 1. The van der Waals surface area contributed by atoms with Crippen LogP contribution in [0.4, 0.5) is 10.1 Å². The van der Waals surface area contributed by atoms with E-state index in [-0.39, 0.29) is 11.9 Å². The molecule has 0 saturated carbocycles. The van der Waals surface area contributed by atoms with Crippen molar-refractivity contribution in [1.82, 2.24) is 5.32 Å². The van der Waals surface area contributed by atoms with Gasteiger partial charge in [-0.1, -0.05) is 12.1 Å². The van der Waals surface area contributed by atoms with Gasteiger partial charge in [-0.05, 0) is 38.2 Å². The molecule has 2 N–H and O–H groups in total. The molecule has 0 aliphatic rings. The zero-order chi connectivity index (χ0) is 10.6. The molecule has 0 aliphatic carbocycles. The molecule has 0 amide bonds. The highest BCUT2D eigenvalue weighted by Gasteiger charge is 2.02. The van der Waals surface area contributed by atoms with Crippen molar-refractivity contribution in [3.05, 3.63) is 30.1 Å². The van der Waals surface area contributed by atoms with Crippen LogP contribution in [-0.2, 0) is 0 Å². The number of rotatable bonds is 2. The van der Waals surface area contributed by atoms with Gasteiger partial charge in [-0.25, -0.2) is 4.39 Å². The van der Waals surface area contributed by atoms with Crippen molar-refractivity contribution >= 4 is 23.0 Å². The molecule has 0 atom stereocenters. The Balaban J connectivity index is 2.61. The molecule has 0 saturated heterocycles. The highest BCUT2D eigenvalue weighted by molar-refractivity contribution is 7.80. The largest absolute Gasteiger partial charge is 0.360 e. The molecule has 0 spiro atoms. The first kappa shape index (κ1) is 10.9. The van der Waals surface area contributed by atoms with Gasteiger partial charge in [0.1, 0.15) is 5.82 Å². The Hall–Kier alpha value is -1.16. The summed E-state index contributed by atoms with van der Waals surface area (Å²) in [5.41, 5.74) is 0.394. The van der Waals surface area contributed by atoms with Gasteiger partial charge in [0, 0.05) is 6.04 Å². The van der Waals surface area contributed by atoms with E-state index in [9.17, 15) is 4.39 Å². The quantitative estimate of drug-likeness (QED) is 0.737. The van der Waals surface area contributed by atoms with Gasteiger partial charge in [-0.3, -0.25) is 0 Å². The standard InChI is InChI=1S/C10H13FN2S/c1-7(2)12-10(14)13-9-6-4-3-5-8(9)11/h3-7H,1-2H3,(H2,12,13,14). The molecule has 1 aromatic rings. The van der Waals surface area contributed by atoms with Gasteiger partial charge in [0.05, 0.1) is 5.69 Å². The lowest BCUT2D eigenvalue weighted by atomic mass is 10.3. The van der Waals surface area contributed by atoms with Crippen LogP contribution >= 0.6 is 12.2 Å². The second-order valence-corrected chi connectivity index (χ2v) is 3.64. The zero-order valence-corrected chi connectivity index (χ0v) is 8.99. The molecule has 1 aromatic carbocycles. The molecular formula is C10H13FN2S. The van der Waals surface area contributed by atoms with E-state index in [4.69, 9.17) is 12.2 Å². The van der Waals surface area contributed by atoms with Crippen molar-refractivity contribution in [3.63, 3.8) is 0 Å². The fraction of sp³-hybridized carbons (Fsp3) is 0.300. The van der Waals surface area contributed by atoms with Gasteiger partial charge >= 0.3 is 0 Å². The van der Waals surface area contributed by atoms with Crippen molar-refractivity contribution < 1.29 is 4.39 Å². The third-order valence-corrected chi connectivity index (χ3v) is 1.76. The van der Waals surface area contributed by atoms with E-state index in [2.05, 4.69) is 10.6 Å². The molecule has 0 aromatic heterocycles. The van der Waals surface area contributed by atoms with Crippen LogP contribution in [0.1, 0.15) is 13.8 Å². The predicted octanol–water partition coefficient (Wildman–Crippen LogP) is 2.52. The second kappa shape index (κ2) is 4.91. The van der Waals surface area contributed by atoms with E-state index >= 15 is 0 Å². The second-order valence-electron chi connectivity index (χ2n) is 3.23. The summed E-state index contributed by atoms with van der Waals surface area (Å²) in [6, 6.07) is 6.66. The smallest absolute Gasteiger partial charge is 0.171 e. The van der Waals surface area contributed by atoms with E-state index in [1.54, 1.807) is 18.2 Å². The van der Waals surface area contributed by atoms with Crippen LogP contribution in [0.3, 0.4) is 0 Å². The molecule has 0 heterocycles. The van der Waals surface area contributed by atoms with Crippen LogP contribution in [0.5, 0.6) is 0 Å². The van der Waals surface area contributed by atoms with Crippen LogP contribution in [-0.4, -0.2) is 11.2 Å². The lowest BCUT2D eigenvalue weighted by molar-refractivity contribution is 0.631. The molecule has 4 heteroatoms. The Morgan fingerprint density at radius 3 is 2.57 bits per heavy atom. The van der Waals surface area contributed by atoms with E-state index in [0.29, 0.717) is 10.8 Å². The molecule has 2 nitrogen and oxygen atoms in total. The van der Waals surface area contributed by atoms with E-state index in [1.807, 2.05) is 13.8 Å². The number of halogens is 1. The van der Waals surface area contributed by atoms with Gasteiger partial charge in [0.2, 0.25) is 0 Å². The molecule has 0 unspecified atom stereocenters. The minimum Gasteiger partial charge on any atom is -0.360 e. The summed E-state index contributed by atoms with van der Waals surface area (Å²) in [5.74, 6) is -0.305. The Morgan fingerprint density at radius 1 is 1.36 bits per heavy atom. The van der Waals surface area contributed by atoms with Crippen LogP contribution < -0.4 is 10.6 Å². The van der Waals surface area contributed by atoms with Crippen LogP contribution in [0.15, 0.2) is 24.3 Å². The van der Waals surface area contributed by atoms with Gasteiger partial charge in [-0.2, -0.15) is 0 Å². The number of para-hydroxylation sites is 1. The van der Waals surface area contributed by atoms with E-state index in [0.717, 1.165) is 0 Å². The third-order valence-electron chi connectivity index (χ3n) is 1.54. The van der Waals surface area contributed by atoms with Crippen LogP contribution in [0.2, 0.25) is 0 Å². The van der Waals surface area contributed by atoms with Crippen molar-refractivity contribution in [3.8, 4) is 0 Å². The fourth-order valence-corrected chi connectivity index (χ4v) is 1.33. The van der Waals surface area contributed by atoms with Crippen molar-refractivity contribution in [2.45, 2.75) is 19.9 Å². The van der Waals surface area contributed by atoms with Crippen molar-refractivity contribution in [1.29, 1.82) is 0 Å². The highest BCUT2D eigenvalue weighted by atomic mass is 32.1. The summed E-state index contributed by atoms with van der Waals surface area (Å²) in [5, 5.41) is 6.19. The summed E-state index contributed by atoms with van der Waals surface area (Å²) < 4.78 is 13.1. The molecule has 0 aliphatic heterocycles. The summed E-state index contributed by atoms with van der Waals surface area (Å²) in [6.45, 7) is 3.94. The molecular weight excluding hydrogens is 199 g/mol. The molecule has 0 fully saturated rings. The van der Waals surface area contributed by atoms with Crippen molar-refractivity contribution in [2.75, 3.05) is 5.32 Å². The number of hydrogen-bond acceptors (Lipinski definition) is 1. The minimum atomic E-state index is -0.305. The van der Waals surface area contributed by atoms with Gasteiger partial charge in [0.25, 0.3) is 0 Å². The summed E-state index contributed by atoms with van der Waals surface area (Å²) in [7, 11) is 0. The maximum atomic E-state index is 13.1. The fourth-order valence-electron chi connectivity index (χ4n) is 0.983. The topological polar surface area (TPSA) is 24.1 Å². The Morgan fingerprint density at radius 2 is 2.00 bits per heavy atom. The zero-order valence-electron chi connectivity index (χ0n) is 8.17. The average Bonchev–Trinajstić information content (AvgIpc) is 2.07. The Kier molecular flexibility index (Phi) is 3.83. The molecule has 0 bridgehead atoms. The number of nitrogens with one attached hydrogen (secondary N) is 2. The SMILES string of the molecule is CC(C)NC(=S)Nc1ccccc1F. The van der Waals surface area contributed by atoms with Crippen LogP contribution in [0.25, 0.3) is 0 Å². The first-order valence-electron chi connectivity index (χ1n) is 4.41. The number of hydrogen-bond donors (Lipinski definition) is 2. The summed E-state index contributed by atoms with van der Waals surface area (Å²) in [4.78, 5) is 0. The Bertz CT molecular complexity index is 326. The van der Waals surface area contributed by atoms with Crippen LogP contribution in [0, 0.1) is 5.82 Å². The van der Waals surface area contributed by atoms with E-state index in [1.165, 1.54) is 6.07 Å². The summed E-state index contributed by atoms with van der Waals surface area (Å²) in [6.07, 6.45) is 0. The summed E-state index contributed by atoms with van der Waals surface area (Å²) >= 11 is 4.98. The predicted molar refractivity (Wildman–Crippen MR) is 60.9 cm³/mol. The first-order chi connectivity index (χ1) is 6.59. The van der Waals surface area contributed by atoms with Gasteiger partial charge in [0.15, 0.2) is 5.11 Å². The molecule has 14 heavy (non-hydrogen) atoms. The molecule has 1 rings (SSSR count). The monoisotopic (exact) mass is 212 g/mol. The number of benzene rings is 1. The van der Waals surface area contributed by atoms with Crippen molar-refractivity contribution in [2.24, 2.45) is 0 Å². The number of thiocarbonyl (C=S) groups is 1. The maximum absolute atomic E-state index is 13.1. The molecule has 0 radical (unpaired) electrons. The normalized spacial score (nSPS) is 10.0. The van der Waals surface area contributed by atoms with E-state index < -0.39 is 0 Å². The lowest BCUT2D eigenvalue weighted by Gasteiger charge is -2.13. The Labute approximate surface area is 88.5 Å². The maximum Gasteiger partial charge on any atom is 0.171 e. The lowest BCUT2D eigenvalue weighted by Crippen LogP contribution is -2.34. The van der Waals surface area contributed by atoms with Gasteiger partial charge in [-0.15, -0.1) is 0 Å². The molecule has 76 valence electrons. The average molecular weight is 212 g/mol. The first-order valence-corrected chi connectivity index (χ1v) is 4.82.